The van der Waals surface area contributed by atoms with Crippen LogP contribution in [0, 0.1) is 0 Å². The minimum absolute atomic E-state index is 0.0721. The number of aromatic amines is 1. The minimum atomic E-state index is -0.137. The molecule has 0 unspecified atom stereocenters. The maximum atomic E-state index is 12.3. The zero-order valence-corrected chi connectivity index (χ0v) is 11.4. The van der Waals surface area contributed by atoms with Crippen molar-refractivity contribution < 1.29 is 9.53 Å². The van der Waals surface area contributed by atoms with E-state index in [4.69, 9.17) is 4.74 Å². The highest BCUT2D eigenvalue weighted by atomic mass is 16.5. The Hall–Kier alpha value is -1.43. The summed E-state index contributed by atoms with van der Waals surface area (Å²) in [7, 11) is 0. The Labute approximate surface area is 107 Å². The average molecular weight is 252 g/mol. The van der Waals surface area contributed by atoms with Crippen LogP contribution in [0.3, 0.4) is 0 Å². The van der Waals surface area contributed by atoms with Gasteiger partial charge in [-0.2, -0.15) is 0 Å². The summed E-state index contributed by atoms with van der Waals surface area (Å²) in [6, 6.07) is 0.0721. The van der Waals surface area contributed by atoms with Crippen molar-refractivity contribution in [2.24, 2.45) is 0 Å². The van der Waals surface area contributed by atoms with Gasteiger partial charge in [-0.25, -0.2) is 4.98 Å². The van der Waals surface area contributed by atoms with Gasteiger partial charge in [0.2, 0.25) is 5.82 Å². The number of carbonyl (C=O) groups is 1. The van der Waals surface area contributed by atoms with E-state index in [1.54, 1.807) is 4.90 Å². The van der Waals surface area contributed by atoms with Crippen LogP contribution in [-0.2, 0) is 10.2 Å². The lowest BCUT2D eigenvalue weighted by Crippen LogP contribution is -2.47. The summed E-state index contributed by atoms with van der Waals surface area (Å²) in [5.74, 6) is 0.845. The number of hydrogen-bond acceptors (Lipinski definition) is 4. The van der Waals surface area contributed by atoms with E-state index in [9.17, 15) is 4.79 Å². The van der Waals surface area contributed by atoms with Crippen LogP contribution in [0.4, 0.5) is 0 Å². The second-order valence-electron chi connectivity index (χ2n) is 5.68. The third-order valence-corrected chi connectivity index (χ3v) is 3.02. The minimum Gasteiger partial charge on any atom is -0.377 e. The summed E-state index contributed by atoms with van der Waals surface area (Å²) in [5, 5.41) is 6.86. The van der Waals surface area contributed by atoms with Crippen LogP contribution in [0.5, 0.6) is 0 Å². The van der Waals surface area contributed by atoms with E-state index in [2.05, 4.69) is 15.2 Å². The first-order valence-corrected chi connectivity index (χ1v) is 6.21. The molecule has 0 aromatic carbocycles. The third-order valence-electron chi connectivity index (χ3n) is 3.02. The van der Waals surface area contributed by atoms with Gasteiger partial charge in [-0.05, 0) is 6.92 Å². The molecular formula is C12H20N4O2. The van der Waals surface area contributed by atoms with E-state index in [1.807, 2.05) is 27.7 Å². The molecule has 1 aromatic rings. The predicted molar refractivity (Wildman–Crippen MR) is 66.4 cm³/mol. The van der Waals surface area contributed by atoms with E-state index in [0.29, 0.717) is 19.8 Å². The normalized spacial score (nSPS) is 21.1. The van der Waals surface area contributed by atoms with Crippen molar-refractivity contribution in [3.8, 4) is 0 Å². The summed E-state index contributed by atoms with van der Waals surface area (Å²) in [6.07, 6.45) is 0. The molecule has 0 radical (unpaired) electrons. The molecule has 2 rings (SSSR count). The van der Waals surface area contributed by atoms with E-state index in [1.165, 1.54) is 0 Å². The molecule has 1 saturated heterocycles. The summed E-state index contributed by atoms with van der Waals surface area (Å²) in [5.41, 5.74) is -0.137. The SMILES string of the molecule is C[C@@H]1COCCN1C(=O)c1n[nH]c(C(C)(C)C)n1. The quantitative estimate of drug-likeness (QED) is 0.808. The van der Waals surface area contributed by atoms with Crippen molar-refractivity contribution >= 4 is 5.91 Å². The van der Waals surface area contributed by atoms with Crippen molar-refractivity contribution in [1.29, 1.82) is 0 Å². The van der Waals surface area contributed by atoms with Gasteiger partial charge in [0.15, 0.2) is 0 Å². The van der Waals surface area contributed by atoms with Crippen LogP contribution in [0.1, 0.15) is 44.1 Å². The first kappa shape index (κ1) is 13.0. The Bertz CT molecular complexity index is 436. The highest BCUT2D eigenvalue weighted by molar-refractivity contribution is 5.90. The summed E-state index contributed by atoms with van der Waals surface area (Å²) in [6.45, 7) is 9.79. The average Bonchev–Trinajstić information content (AvgIpc) is 2.77. The highest BCUT2D eigenvalue weighted by Gasteiger charge is 2.28. The Morgan fingerprint density at radius 3 is 2.78 bits per heavy atom. The number of aromatic nitrogens is 3. The predicted octanol–water partition coefficient (Wildman–Crippen LogP) is 0.963. The van der Waals surface area contributed by atoms with Gasteiger partial charge in [-0.15, -0.1) is 5.10 Å². The highest BCUT2D eigenvalue weighted by Crippen LogP contribution is 2.18. The van der Waals surface area contributed by atoms with Crippen LogP contribution in [-0.4, -0.2) is 51.8 Å². The summed E-state index contributed by atoms with van der Waals surface area (Å²) in [4.78, 5) is 18.3. The molecule has 1 aliphatic heterocycles. The van der Waals surface area contributed by atoms with Crippen molar-refractivity contribution in [3.63, 3.8) is 0 Å². The summed E-state index contributed by atoms with van der Waals surface area (Å²) < 4.78 is 5.31. The molecule has 1 amide bonds. The molecule has 0 aliphatic carbocycles. The van der Waals surface area contributed by atoms with Gasteiger partial charge < -0.3 is 9.64 Å². The van der Waals surface area contributed by atoms with Crippen molar-refractivity contribution in [2.45, 2.75) is 39.2 Å². The first-order chi connectivity index (χ1) is 8.39. The fraction of sp³-hybridized carbons (Fsp3) is 0.750. The van der Waals surface area contributed by atoms with Crippen molar-refractivity contribution in [1.82, 2.24) is 20.1 Å². The Morgan fingerprint density at radius 1 is 1.50 bits per heavy atom. The van der Waals surface area contributed by atoms with Crippen LogP contribution >= 0.6 is 0 Å². The molecular weight excluding hydrogens is 232 g/mol. The van der Waals surface area contributed by atoms with Gasteiger partial charge in [0.1, 0.15) is 5.82 Å². The molecule has 6 heteroatoms. The maximum absolute atomic E-state index is 12.3. The molecule has 1 fully saturated rings. The fourth-order valence-corrected chi connectivity index (χ4v) is 1.85. The number of hydrogen-bond donors (Lipinski definition) is 1. The topological polar surface area (TPSA) is 71.1 Å². The van der Waals surface area contributed by atoms with Crippen LogP contribution < -0.4 is 0 Å². The second kappa shape index (κ2) is 4.68. The number of nitrogens with zero attached hydrogens (tertiary/aromatic N) is 3. The Balaban J connectivity index is 2.16. The number of rotatable bonds is 1. The van der Waals surface area contributed by atoms with Crippen LogP contribution in [0.15, 0.2) is 0 Å². The lowest BCUT2D eigenvalue weighted by molar-refractivity contribution is 0.00294. The lowest BCUT2D eigenvalue weighted by Gasteiger charge is -2.32. The van der Waals surface area contributed by atoms with E-state index in [0.717, 1.165) is 5.82 Å². The molecule has 0 bridgehead atoms. The monoisotopic (exact) mass is 252 g/mol. The molecule has 1 N–H and O–H groups in total. The third kappa shape index (κ3) is 2.53. The largest absolute Gasteiger partial charge is 0.377 e. The first-order valence-electron chi connectivity index (χ1n) is 6.21. The standard InChI is InChI=1S/C12H20N4O2/c1-8-7-18-6-5-16(8)10(17)9-13-11(15-14-9)12(2,3)4/h8H,5-7H2,1-4H3,(H,13,14,15)/t8-/m1/s1. The molecule has 1 atom stereocenters. The number of morpholine rings is 1. The number of ether oxygens (including phenoxy) is 1. The Morgan fingerprint density at radius 2 is 2.22 bits per heavy atom. The van der Waals surface area contributed by atoms with Gasteiger partial charge >= 0.3 is 0 Å². The molecule has 0 saturated carbocycles. The van der Waals surface area contributed by atoms with Gasteiger partial charge in [-0.1, -0.05) is 20.8 Å². The number of carbonyl (C=O) groups excluding carboxylic acids is 1. The number of amides is 1. The zero-order valence-electron chi connectivity index (χ0n) is 11.4. The van der Waals surface area contributed by atoms with E-state index >= 15 is 0 Å². The zero-order chi connectivity index (χ0) is 13.3. The van der Waals surface area contributed by atoms with Crippen LogP contribution in [0.25, 0.3) is 0 Å². The van der Waals surface area contributed by atoms with Gasteiger partial charge in [0, 0.05) is 12.0 Å². The molecule has 2 heterocycles. The van der Waals surface area contributed by atoms with Crippen molar-refractivity contribution in [3.05, 3.63) is 11.6 Å². The molecule has 18 heavy (non-hydrogen) atoms. The molecule has 0 spiro atoms. The van der Waals surface area contributed by atoms with Gasteiger partial charge in [0.05, 0.1) is 19.3 Å². The summed E-state index contributed by atoms with van der Waals surface area (Å²) >= 11 is 0. The van der Waals surface area contributed by atoms with Gasteiger partial charge in [0.25, 0.3) is 5.91 Å². The number of H-pyrrole nitrogens is 1. The van der Waals surface area contributed by atoms with E-state index < -0.39 is 0 Å². The number of nitrogens with one attached hydrogen (secondary N) is 1. The van der Waals surface area contributed by atoms with Crippen LogP contribution in [0.2, 0.25) is 0 Å². The van der Waals surface area contributed by atoms with Crippen molar-refractivity contribution in [2.75, 3.05) is 19.8 Å². The lowest BCUT2D eigenvalue weighted by atomic mass is 9.96. The fourth-order valence-electron chi connectivity index (χ4n) is 1.85. The molecule has 1 aliphatic rings. The van der Waals surface area contributed by atoms with E-state index in [-0.39, 0.29) is 23.2 Å². The second-order valence-corrected chi connectivity index (χ2v) is 5.68. The molecule has 6 nitrogen and oxygen atoms in total. The smallest absolute Gasteiger partial charge is 0.293 e. The molecule has 1 aromatic heterocycles. The maximum Gasteiger partial charge on any atom is 0.293 e. The Kier molecular flexibility index (Phi) is 3.38. The molecule has 100 valence electrons. The van der Waals surface area contributed by atoms with Gasteiger partial charge in [-0.3, -0.25) is 9.89 Å².